The molecule has 0 saturated heterocycles. The Morgan fingerprint density at radius 1 is 1.13 bits per heavy atom. The Morgan fingerprint density at radius 3 is 2.57 bits per heavy atom. The van der Waals surface area contributed by atoms with Crippen LogP contribution in [-0.4, -0.2) is 29.3 Å². The van der Waals surface area contributed by atoms with Gasteiger partial charge in [0.2, 0.25) is 5.91 Å². The Labute approximate surface area is 135 Å². The summed E-state index contributed by atoms with van der Waals surface area (Å²) in [5.41, 5.74) is 0.606. The molecule has 0 radical (unpaired) electrons. The van der Waals surface area contributed by atoms with Gasteiger partial charge in [-0.05, 0) is 37.1 Å². The van der Waals surface area contributed by atoms with Crippen molar-refractivity contribution in [2.75, 3.05) is 6.54 Å². The van der Waals surface area contributed by atoms with Gasteiger partial charge < -0.3 is 14.6 Å². The number of nitrogens with zero attached hydrogens (tertiary/aromatic N) is 1. The Kier molecular flexibility index (Phi) is 4.76. The molecule has 0 atom stereocenters. The van der Waals surface area contributed by atoms with Gasteiger partial charge in [0.1, 0.15) is 5.76 Å². The maximum atomic E-state index is 12.4. The lowest BCUT2D eigenvalue weighted by atomic mass is 10.2. The van der Waals surface area contributed by atoms with Gasteiger partial charge in [-0.1, -0.05) is 18.2 Å². The lowest BCUT2D eigenvalue weighted by Crippen LogP contribution is -2.35. The molecular formula is C18H20N2O3. The fourth-order valence-corrected chi connectivity index (χ4v) is 2.50. The van der Waals surface area contributed by atoms with E-state index in [-0.39, 0.29) is 11.8 Å². The van der Waals surface area contributed by atoms with Gasteiger partial charge in [-0.2, -0.15) is 0 Å². The van der Waals surface area contributed by atoms with Gasteiger partial charge in [0.25, 0.3) is 5.91 Å². The van der Waals surface area contributed by atoms with Crippen molar-refractivity contribution in [3.8, 4) is 0 Å². The van der Waals surface area contributed by atoms with Crippen molar-refractivity contribution in [3.63, 3.8) is 0 Å². The van der Waals surface area contributed by atoms with E-state index in [0.717, 1.165) is 18.6 Å². The minimum atomic E-state index is -0.151. The summed E-state index contributed by atoms with van der Waals surface area (Å²) in [6, 6.07) is 13.0. The molecule has 1 heterocycles. The van der Waals surface area contributed by atoms with Crippen LogP contribution >= 0.6 is 0 Å². The third kappa shape index (κ3) is 4.22. The maximum absolute atomic E-state index is 12.4. The van der Waals surface area contributed by atoms with Crippen LogP contribution in [-0.2, 0) is 11.3 Å². The van der Waals surface area contributed by atoms with Crippen molar-refractivity contribution < 1.29 is 14.0 Å². The Hall–Kier alpha value is -2.56. The van der Waals surface area contributed by atoms with Crippen LogP contribution in [0.15, 0.2) is 53.1 Å². The van der Waals surface area contributed by atoms with Crippen LogP contribution in [0.1, 0.15) is 35.4 Å². The predicted molar refractivity (Wildman–Crippen MR) is 85.7 cm³/mol. The van der Waals surface area contributed by atoms with E-state index >= 15 is 0 Å². The van der Waals surface area contributed by atoms with Gasteiger partial charge in [-0.25, -0.2) is 0 Å². The molecule has 1 fully saturated rings. The van der Waals surface area contributed by atoms with Crippen molar-refractivity contribution in [3.05, 3.63) is 60.1 Å². The fourth-order valence-electron chi connectivity index (χ4n) is 2.50. The van der Waals surface area contributed by atoms with E-state index in [1.807, 2.05) is 35.2 Å². The quantitative estimate of drug-likeness (QED) is 0.855. The zero-order valence-corrected chi connectivity index (χ0v) is 12.9. The molecule has 3 rings (SSSR count). The first-order chi connectivity index (χ1) is 11.2. The highest BCUT2D eigenvalue weighted by Crippen LogP contribution is 2.29. The minimum Gasteiger partial charge on any atom is -0.467 e. The maximum Gasteiger partial charge on any atom is 0.251 e. The van der Waals surface area contributed by atoms with Gasteiger partial charge in [0.05, 0.1) is 12.8 Å². The Morgan fingerprint density at radius 2 is 1.91 bits per heavy atom. The van der Waals surface area contributed by atoms with Gasteiger partial charge in [-0.15, -0.1) is 0 Å². The van der Waals surface area contributed by atoms with Crippen LogP contribution in [0.5, 0.6) is 0 Å². The molecule has 0 unspecified atom stereocenters. The average Bonchev–Trinajstić information content (AvgIpc) is 3.29. The Bertz CT molecular complexity index is 648. The molecule has 1 aliphatic rings. The second-order valence-corrected chi connectivity index (χ2v) is 5.70. The van der Waals surface area contributed by atoms with Crippen LogP contribution in [0, 0.1) is 0 Å². The number of amides is 2. The van der Waals surface area contributed by atoms with Crippen LogP contribution in [0.2, 0.25) is 0 Å². The molecule has 1 saturated carbocycles. The molecular weight excluding hydrogens is 292 g/mol. The number of carbonyl (C=O) groups is 2. The van der Waals surface area contributed by atoms with Crippen LogP contribution in [0.3, 0.4) is 0 Å². The lowest BCUT2D eigenvalue weighted by Gasteiger charge is -2.21. The number of nitrogens with one attached hydrogen (secondary N) is 1. The monoisotopic (exact) mass is 312 g/mol. The van der Waals surface area contributed by atoms with Gasteiger partial charge >= 0.3 is 0 Å². The molecule has 1 aromatic carbocycles. The molecule has 0 bridgehead atoms. The highest BCUT2D eigenvalue weighted by Gasteiger charge is 2.32. The number of furan rings is 1. The van der Waals surface area contributed by atoms with Gasteiger partial charge in [-0.3, -0.25) is 9.59 Å². The van der Waals surface area contributed by atoms with Crippen molar-refractivity contribution >= 4 is 11.8 Å². The third-order valence-electron chi connectivity index (χ3n) is 3.87. The highest BCUT2D eigenvalue weighted by atomic mass is 16.3. The molecule has 1 N–H and O–H groups in total. The summed E-state index contributed by atoms with van der Waals surface area (Å²) in [7, 11) is 0. The zero-order chi connectivity index (χ0) is 16.1. The normalized spacial score (nSPS) is 13.6. The number of rotatable bonds is 7. The minimum absolute atomic E-state index is 0.0530. The third-order valence-corrected chi connectivity index (χ3v) is 3.87. The first-order valence-electron chi connectivity index (χ1n) is 7.89. The summed E-state index contributed by atoms with van der Waals surface area (Å²) >= 11 is 0. The number of hydrogen-bond donors (Lipinski definition) is 1. The van der Waals surface area contributed by atoms with Crippen molar-refractivity contribution in [2.24, 2.45) is 0 Å². The van der Waals surface area contributed by atoms with E-state index in [2.05, 4.69) is 5.32 Å². The number of benzene rings is 1. The predicted octanol–water partition coefficient (Wildman–Crippen LogP) is 2.59. The van der Waals surface area contributed by atoms with Crippen molar-refractivity contribution in [1.29, 1.82) is 0 Å². The molecule has 5 nitrogen and oxygen atoms in total. The summed E-state index contributed by atoms with van der Waals surface area (Å²) in [6.07, 6.45) is 4.01. The topological polar surface area (TPSA) is 62.6 Å². The number of hydrogen-bond acceptors (Lipinski definition) is 3. The SMILES string of the molecule is O=C(NCCC(=O)N(Cc1ccco1)C1CC1)c1ccccc1. The molecule has 0 spiro atoms. The first kappa shape index (κ1) is 15.3. The van der Waals surface area contributed by atoms with Crippen LogP contribution in [0.25, 0.3) is 0 Å². The fraction of sp³-hybridized carbons (Fsp3) is 0.333. The molecule has 5 heteroatoms. The van der Waals surface area contributed by atoms with E-state index in [9.17, 15) is 9.59 Å². The standard InChI is InChI=1S/C18H20N2O3/c21-17(10-11-19-18(22)14-5-2-1-3-6-14)20(15-8-9-15)13-16-7-4-12-23-16/h1-7,12,15H,8-11,13H2,(H,19,22). The summed E-state index contributed by atoms with van der Waals surface area (Å²) in [6.45, 7) is 0.844. The van der Waals surface area contributed by atoms with Crippen molar-refractivity contribution in [1.82, 2.24) is 10.2 Å². The molecule has 1 aromatic heterocycles. The summed E-state index contributed by atoms with van der Waals surface area (Å²) in [5.74, 6) is 0.693. The van der Waals surface area contributed by atoms with Gasteiger partial charge in [0, 0.05) is 24.6 Å². The molecule has 1 aliphatic carbocycles. The molecule has 0 aliphatic heterocycles. The van der Waals surface area contributed by atoms with E-state index < -0.39 is 0 Å². The summed E-state index contributed by atoms with van der Waals surface area (Å²) in [5, 5.41) is 2.79. The summed E-state index contributed by atoms with van der Waals surface area (Å²) in [4.78, 5) is 26.2. The summed E-state index contributed by atoms with van der Waals surface area (Å²) < 4.78 is 5.33. The first-order valence-corrected chi connectivity index (χ1v) is 7.89. The van der Waals surface area contributed by atoms with E-state index in [4.69, 9.17) is 4.42 Å². The second kappa shape index (κ2) is 7.13. The second-order valence-electron chi connectivity index (χ2n) is 5.70. The van der Waals surface area contributed by atoms with E-state index in [1.54, 1.807) is 18.4 Å². The van der Waals surface area contributed by atoms with Crippen LogP contribution < -0.4 is 5.32 Å². The zero-order valence-electron chi connectivity index (χ0n) is 12.9. The molecule has 120 valence electrons. The van der Waals surface area contributed by atoms with E-state index in [0.29, 0.717) is 31.1 Å². The lowest BCUT2D eigenvalue weighted by molar-refractivity contribution is -0.132. The van der Waals surface area contributed by atoms with E-state index in [1.165, 1.54) is 0 Å². The highest BCUT2D eigenvalue weighted by molar-refractivity contribution is 5.94. The molecule has 23 heavy (non-hydrogen) atoms. The molecule has 2 aromatic rings. The Balaban J connectivity index is 1.48. The van der Waals surface area contributed by atoms with Crippen molar-refractivity contribution in [2.45, 2.75) is 31.8 Å². The average molecular weight is 312 g/mol. The largest absolute Gasteiger partial charge is 0.467 e. The smallest absolute Gasteiger partial charge is 0.251 e. The molecule has 2 amide bonds. The van der Waals surface area contributed by atoms with Gasteiger partial charge in [0.15, 0.2) is 0 Å². The number of carbonyl (C=O) groups excluding carboxylic acids is 2. The van der Waals surface area contributed by atoms with Crippen LogP contribution in [0.4, 0.5) is 0 Å².